The smallest absolute Gasteiger partial charge is 0.246 e. The Bertz CT molecular complexity index is 188. The van der Waals surface area contributed by atoms with Crippen molar-refractivity contribution in [3.63, 3.8) is 0 Å². The van der Waals surface area contributed by atoms with Crippen LogP contribution in [0, 0.1) is 5.92 Å². The van der Waals surface area contributed by atoms with E-state index in [1.54, 1.807) is 0 Å². The van der Waals surface area contributed by atoms with Gasteiger partial charge in [-0.05, 0) is 24.8 Å². The molecule has 0 saturated carbocycles. The summed E-state index contributed by atoms with van der Waals surface area (Å²) < 4.78 is 0. The molecule has 12 heavy (non-hydrogen) atoms. The van der Waals surface area contributed by atoms with Gasteiger partial charge in [0.1, 0.15) is 0 Å². The van der Waals surface area contributed by atoms with Crippen molar-refractivity contribution in [2.75, 3.05) is 6.54 Å². The van der Waals surface area contributed by atoms with Crippen LogP contribution in [0.3, 0.4) is 0 Å². The molecule has 68 valence electrons. The molecule has 1 unspecified atom stereocenters. The molecule has 0 aromatic heterocycles. The first-order chi connectivity index (χ1) is 5.70. The molecule has 0 aromatic carbocycles. The Morgan fingerprint density at radius 1 is 1.75 bits per heavy atom. The van der Waals surface area contributed by atoms with Crippen LogP contribution in [-0.2, 0) is 4.79 Å². The first-order valence-electron chi connectivity index (χ1n) is 4.63. The van der Waals surface area contributed by atoms with Crippen LogP contribution in [0.15, 0.2) is 12.7 Å². The zero-order valence-electron chi connectivity index (χ0n) is 7.92. The highest BCUT2D eigenvalue weighted by molar-refractivity contribution is 5.87. The molecule has 1 rings (SSSR count). The zero-order chi connectivity index (χ0) is 9.14. The minimum Gasteiger partial charge on any atom is -0.336 e. The van der Waals surface area contributed by atoms with Crippen molar-refractivity contribution in [2.24, 2.45) is 5.92 Å². The Morgan fingerprint density at radius 2 is 2.42 bits per heavy atom. The molecule has 1 aliphatic heterocycles. The van der Waals surface area contributed by atoms with Gasteiger partial charge in [-0.1, -0.05) is 20.4 Å². The normalized spacial score (nSPS) is 29.0. The van der Waals surface area contributed by atoms with E-state index in [2.05, 4.69) is 20.4 Å². The van der Waals surface area contributed by atoms with Crippen LogP contribution in [0.4, 0.5) is 0 Å². The lowest BCUT2D eigenvalue weighted by molar-refractivity contribution is -0.127. The van der Waals surface area contributed by atoms with Crippen LogP contribution in [0.1, 0.15) is 26.7 Å². The van der Waals surface area contributed by atoms with Crippen LogP contribution < -0.4 is 0 Å². The minimum atomic E-state index is 0.0891. The van der Waals surface area contributed by atoms with Gasteiger partial charge in [0, 0.05) is 12.6 Å². The summed E-state index contributed by atoms with van der Waals surface area (Å²) >= 11 is 0. The highest BCUT2D eigenvalue weighted by Gasteiger charge is 2.31. The summed E-state index contributed by atoms with van der Waals surface area (Å²) in [6.45, 7) is 8.76. The number of nitrogens with zero attached hydrogens (tertiary/aromatic N) is 1. The molecule has 2 nitrogen and oxygen atoms in total. The van der Waals surface area contributed by atoms with Gasteiger partial charge in [-0.15, -0.1) is 0 Å². The average Bonchev–Trinajstić information content (AvgIpc) is 2.45. The molecule has 0 bridgehead atoms. The Morgan fingerprint density at radius 3 is 2.92 bits per heavy atom. The van der Waals surface area contributed by atoms with Crippen molar-refractivity contribution in [3.8, 4) is 0 Å². The lowest BCUT2D eigenvalue weighted by Gasteiger charge is -2.24. The van der Waals surface area contributed by atoms with Gasteiger partial charge in [0.2, 0.25) is 5.91 Å². The predicted octanol–water partition coefficient (Wildman–Crippen LogP) is 1.82. The lowest BCUT2D eigenvalue weighted by atomic mass is 10.0. The van der Waals surface area contributed by atoms with Gasteiger partial charge in [-0.2, -0.15) is 0 Å². The molecule has 0 aromatic rings. The van der Waals surface area contributed by atoms with Gasteiger partial charge in [-0.25, -0.2) is 0 Å². The van der Waals surface area contributed by atoms with Crippen molar-refractivity contribution in [1.82, 2.24) is 4.90 Å². The van der Waals surface area contributed by atoms with E-state index in [0.717, 1.165) is 19.4 Å². The summed E-state index contributed by atoms with van der Waals surface area (Å²) in [7, 11) is 0. The molecule has 0 aliphatic carbocycles. The quantitative estimate of drug-likeness (QED) is 0.574. The largest absolute Gasteiger partial charge is 0.336 e. The first-order valence-corrected chi connectivity index (χ1v) is 4.63. The topological polar surface area (TPSA) is 20.3 Å². The summed E-state index contributed by atoms with van der Waals surface area (Å²) in [5.41, 5.74) is 0. The molecule has 1 amide bonds. The Balaban J connectivity index is 2.65. The second kappa shape index (κ2) is 3.74. The molecular weight excluding hydrogens is 150 g/mol. The summed E-state index contributed by atoms with van der Waals surface area (Å²) in [5, 5.41) is 0. The maximum absolute atomic E-state index is 11.3. The van der Waals surface area contributed by atoms with Crippen LogP contribution in [0.2, 0.25) is 0 Å². The predicted molar refractivity (Wildman–Crippen MR) is 49.8 cm³/mol. The molecule has 2 atom stereocenters. The van der Waals surface area contributed by atoms with E-state index >= 15 is 0 Å². The third-order valence-electron chi connectivity index (χ3n) is 2.76. The molecule has 1 fully saturated rings. The summed E-state index contributed by atoms with van der Waals surface area (Å²) in [6, 6.07) is 0.440. The number of carbonyl (C=O) groups is 1. The van der Waals surface area contributed by atoms with Crippen molar-refractivity contribution in [1.29, 1.82) is 0 Å². The molecule has 0 N–H and O–H groups in total. The van der Waals surface area contributed by atoms with Crippen molar-refractivity contribution in [3.05, 3.63) is 12.7 Å². The second-order valence-corrected chi connectivity index (χ2v) is 3.48. The molecular formula is C10H17NO. The van der Waals surface area contributed by atoms with Gasteiger partial charge in [0.05, 0.1) is 0 Å². The monoisotopic (exact) mass is 167 g/mol. The number of likely N-dealkylation sites (tertiary alicyclic amines) is 1. The van der Waals surface area contributed by atoms with Gasteiger partial charge >= 0.3 is 0 Å². The fraction of sp³-hybridized carbons (Fsp3) is 0.700. The molecule has 1 heterocycles. The van der Waals surface area contributed by atoms with E-state index in [-0.39, 0.29) is 5.91 Å². The number of hydrogen-bond donors (Lipinski definition) is 0. The fourth-order valence-corrected chi connectivity index (χ4v) is 2.02. The maximum atomic E-state index is 11.3. The number of amides is 1. The van der Waals surface area contributed by atoms with Gasteiger partial charge in [0.15, 0.2) is 0 Å². The maximum Gasteiger partial charge on any atom is 0.246 e. The number of hydrogen-bond acceptors (Lipinski definition) is 1. The summed E-state index contributed by atoms with van der Waals surface area (Å²) in [6.07, 6.45) is 3.61. The molecule has 2 heteroatoms. The van der Waals surface area contributed by atoms with E-state index in [9.17, 15) is 4.79 Å². The van der Waals surface area contributed by atoms with Gasteiger partial charge in [-0.3, -0.25) is 4.79 Å². The standard InChI is InChI=1S/C10H17NO/c1-4-9-8(3)6-7-11(9)10(12)5-2/h5,8-9H,2,4,6-7H2,1,3H3/t8?,9-/m1/s1. The van der Waals surface area contributed by atoms with E-state index in [4.69, 9.17) is 0 Å². The summed E-state index contributed by atoms with van der Waals surface area (Å²) in [5.74, 6) is 0.741. The van der Waals surface area contributed by atoms with Crippen molar-refractivity contribution < 1.29 is 4.79 Å². The molecule has 1 saturated heterocycles. The fourth-order valence-electron chi connectivity index (χ4n) is 2.02. The molecule has 0 spiro atoms. The van der Waals surface area contributed by atoms with E-state index in [0.29, 0.717) is 12.0 Å². The van der Waals surface area contributed by atoms with Gasteiger partial charge < -0.3 is 4.90 Å². The van der Waals surface area contributed by atoms with Crippen LogP contribution in [0.5, 0.6) is 0 Å². The number of carbonyl (C=O) groups excluding carboxylic acids is 1. The van der Waals surface area contributed by atoms with Crippen molar-refractivity contribution in [2.45, 2.75) is 32.7 Å². The average molecular weight is 167 g/mol. The Kier molecular flexibility index (Phi) is 2.90. The summed E-state index contributed by atoms with van der Waals surface area (Å²) in [4.78, 5) is 13.3. The van der Waals surface area contributed by atoms with Crippen LogP contribution in [0.25, 0.3) is 0 Å². The Labute approximate surface area is 74.2 Å². The lowest BCUT2D eigenvalue weighted by Crippen LogP contribution is -2.35. The molecule has 1 aliphatic rings. The van der Waals surface area contributed by atoms with Crippen LogP contribution >= 0.6 is 0 Å². The molecule has 0 radical (unpaired) electrons. The number of rotatable bonds is 2. The zero-order valence-corrected chi connectivity index (χ0v) is 7.92. The van der Waals surface area contributed by atoms with E-state index in [1.807, 2.05) is 4.90 Å². The highest BCUT2D eigenvalue weighted by atomic mass is 16.2. The minimum absolute atomic E-state index is 0.0891. The van der Waals surface area contributed by atoms with Crippen molar-refractivity contribution >= 4 is 5.91 Å². The SMILES string of the molecule is C=CC(=O)N1CCC(C)[C@H]1CC. The van der Waals surface area contributed by atoms with Gasteiger partial charge in [0.25, 0.3) is 0 Å². The van der Waals surface area contributed by atoms with E-state index in [1.165, 1.54) is 6.08 Å². The second-order valence-electron chi connectivity index (χ2n) is 3.48. The first kappa shape index (κ1) is 9.30. The highest BCUT2D eigenvalue weighted by Crippen LogP contribution is 2.25. The Hall–Kier alpha value is -0.790. The third-order valence-corrected chi connectivity index (χ3v) is 2.76. The van der Waals surface area contributed by atoms with Crippen LogP contribution in [-0.4, -0.2) is 23.4 Å². The third kappa shape index (κ3) is 1.52. The van der Waals surface area contributed by atoms with E-state index < -0.39 is 0 Å².